The van der Waals surface area contributed by atoms with Gasteiger partial charge in [0.25, 0.3) is 0 Å². The van der Waals surface area contributed by atoms with Gasteiger partial charge in [-0.25, -0.2) is 0 Å². The maximum absolute atomic E-state index is 5.52. The number of rotatable bonds is 6. The van der Waals surface area contributed by atoms with Crippen molar-refractivity contribution in [3.8, 4) is 0 Å². The Balaban J connectivity index is 2.79. The zero-order chi connectivity index (χ0) is 14.0. The molecule has 0 aromatic rings. The number of hydrogen-bond acceptors (Lipinski definition) is 2. The fourth-order valence-electron chi connectivity index (χ4n) is 3.15. The monoisotopic (exact) mass is 254 g/mol. The molecule has 0 spiro atoms. The third kappa shape index (κ3) is 2.65. The molecule has 1 unspecified atom stereocenters. The maximum Gasteiger partial charge on any atom is 0.168 e. The fraction of sp³-hybridized carbons (Fsp3) is 0.875. The van der Waals surface area contributed by atoms with Gasteiger partial charge in [-0.2, -0.15) is 0 Å². The zero-order valence-corrected chi connectivity index (χ0v) is 13.0. The lowest BCUT2D eigenvalue weighted by molar-refractivity contribution is -0.292. The van der Waals surface area contributed by atoms with Crippen molar-refractivity contribution in [2.24, 2.45) is 16.7 Å². The second kappa shape index (κ2) is 5.34. The van der Waals surface area contributed by atoms with Crippen molar-refractivity contribution in [2.75, 3.05) is 14.2 Å². The summed E-state index contributed by atoms with van der Waals surface area (Å²) in [5.41, 5.74) is 0.593. The summed E-state index contributed by atoms with van der Waals surface area (Å²) in [6.07, 6.45) is 6.31. The molecule has 0 N–H and O–H groups in total. The van der Waals surface area contributed by atoms with Crippen LogP contribution in [0.3, 0.4) is 0 Å². The van der Waals surface area contributed by atoms with E-state index in [4.69, 9.17) is 9.47 Å². The summed E-state index contributed by atoms with van der Waals surface area (Å²) < 4.78 is 11.0. The zero-order valence-electron chi connectivity index (χ0n) is 13.0. The lowest BCUT2D eigenvalue weighted by atomic mass is 9.52. The van der Waals surface area contributed by atoms with E-state index in [0.29, 0.717) is 11.3 Å². The van der Waals surface area contributed by atoms with Gasteiger partial charge in [-0.15, -0.1) is 6.58 Å². The van der Waals surface area contributed by atoms with Crippen LogP contribution in [0.15, 0.2) is 12.7 Å². The SMILES string of the molecule is C=CCCC(C)(C1CC(OC)(OC)C1)C(C)(C)C. The second-order valence-electron chi connectivity index (χ2n) is 6.92. The Bertz CT molecular complexity index is 278. The minimum atomic E-state index is -0.328. The van der Waals surface area contributed by atoms with Crippen LogP contribution in [0.1, 0.15) is 53.4 Å². The van der Waals surface area contributed by atoms with Crippen LogP contribution in [-0.2, 0) is 9.47 Å². The molecule has 2 nitrogen and oxygen atoms in total. The molecule has 1 fully saturated rings. The van der Waals surface area contributed by atoms with Gasteiger partial charge in [-0.3, -0.25) is 0 Å². The first-order valence-corrected chi connectivity index (χ1v) is 6.96. The molecule has 106 valence electrons. The first-order chi connectivity index (χ1) is 8.24. The molecule has 0 saturated heterocycles. The fourth-order valence-corrected chi connectivity index (χ4v) is 3.15. The van der Waals surface area contributed by atoms with Crippen molar-refractivity contribution in [1.29, 1.82) is 0 Å². The molecule has 0 aromatic carbocycles. The van der Waals surface area contributed by atoms with Crippen LogP contribution in [-0.4, -0.2) is 20.0 Å². The van der Waals surface area contributed by atoms with E-state index in [2.05, 4.69) is 34.3 Å². The van der Waals surface area contributed by atoms with Crippen LogP contribution >= 0.6 is 0 Å². The van der Waals surface area contributed by atoms with Gasteiger partial charge in [0.2, 0.25) is 0 Å². The molecular formula is C16H30O2. The predicted octanol–water partition coefficient (Wildman–Crippen LogP) is 4.40. The van der Waals surface area contributed by atoms with E-state index in [-0.39, 0.29) is 11.2 Å². The smallest absolute Gasteiger partial charge is 0.168 e. The molecule has 1 aliphatic carbocycles. The van der Waals surface area contributed by atoms with Gasteiger partial charge in [0.05, 0.1) is 0 Å². The molecule has 0 bridgehead atoms. The van der Waals surface area contributed by atoms with Crippen LogP contribution in [0.25, 0.3) is 0 Å². The van der Waals surface area contributed by atoms with E-state index in [1.165, 1.54) is 6.42 Å². The van der Waals surface area contributed by atoms with Gasteiger partial charge in [0, 0.05) is 27.1 Å². The summed E-state index contributed by atoms with van der Waals surface area (Å²) >= 11 is 0. The Labute approximate surface area is 113 Å². The summed E-state index contributed by atoms with van der Waals surface area (Å²) in [7, 11) is 3.50. The van der Waals surface area contributed by atoms with Crippen molar-refractivity contribution in [3.63, 3.8) is 0 Å². The molecule has 1 atom stereocenters. The van der Waals surface area contributed by atoms with Crippen molar-refractivity contribution in [1.82, 2.24) is 0 Å². The van der Waals surface area contributed by atoms with E-state index in [1.807, 2.05) is 6.08 Å². The topological polar surface area (TPSA) is 18.5 Å². The standard InChI is InChI=1S/C16H30O2/c1-8-9-10-15(5,14(2,3)4)13-11-16(12-13,17-6)18-7/h8,13H,1,9-12H2,2-7H3. The second-order valence-corrected chi connectivity index (χ2v) is 6.92. The van der Waals surface area contributed by atoms with Crippen molar-refractivity contribution >= 4 is 0 Å². The predicted molar refractivity (Wildman–Crippen MR) is 76.5 cm³/mol. The summed E-state index contributed by atoms with van der Waals surface area (Å²) in [6, 6.07) is 0. The molecular weight excluding hydrogens is 224 g/mol. The number of hydrogen-bond donors (Lipinski definition) is 0. The average molecular weight is 254 g/mol. The summed E-state index contributed by atoms with van der Waals surface area (Å²) in [5.74, 6) is 0.336. The van der Waals surface area contributed by atoms with Crippen molar-refractivity contribution in [2.45, 2.75) is 59.2 Å². The molecule has 18 heavy (non-hydrogen) atoms. The van der Waals surface area contributed by atoms with Gasteiger partial charge in [0.15, 0.2) is 5.79 Å². The van der Waals surface area contributed by atoms with Gasteiger partial charge in [0.1, 0.15) is 0 Å². The quantitative estimate of drug-likeness (QED) is 0.516. The van der Waals surface area contributed by atoms with Crippen LogP contribution in [0.2, 0.25) is 0 Å². The molecule has 0 amide bonds. The van der Waals surface area contributed by atoms with Gasteiger partial charge in [-0.05, 0) is 29.6 Å². The van der Waals surface area contributed by atoms with Gasteiger partial charge < -0.3 is 9.47 Å². The van der Waals surface area contributed by atoms with E-state index >= 15 is 0 Å². The average Bonchev–Trinajstić information content (AvgIpc) is 2.24. The largest absolute Gasteiger partial charge is 0.353 e. The first-order valence-electron chi connectivity index (χ1n) is 6.96. The van der Waals surface area contributed by atoms with Crippen LogP contribution in [0.4, 0.5) is 0 Å². The van der Waals surface area contributed by atoms with Crippen molar-refractivity contribution in [3.05, 3.63) is 12.7 Å². The highest BCUT2D eigenvalue weighted by molar-refractivity contribution is 5.02. The Morgan fingerprint density at radius 2 is 1.67 bits per heavy atom. The minimum absolute atomic E-state index is 0.286. The lowest BCUT2D eigenvalue weighted by Crippen LogP contribution is -2.55. The van der Waals surface area contributed by atoms with E-state index in [0.717, 1.165) is 19.3 Å². The Morgan fingerprint density at radius 3 is 2.00 bits per heavy atom. The van der Waals surface area contributed by atoms with Crippen LogP contribution < -0.4 is 0 Å². The minimum Gasteiger partial charge on any atom is -0.353 e. The molecule has 1 aliphatic rings. The molecule has 0 radical (unpaired) electrons. The normalized spacial score (nSPS) is 23.2. The number of allylic oxidation sites excluding steroid dienone is 1. The number of methoxy groups -OCH3 is 2. The summed E-state index contributed by atoms with van der Waals surface area (Å²) in [6.45, 7) is 13.3. The third-order valence-corrected chi connectivity index (χ3v) is 5.34. The molecule has 1 saturated carbocycles. The Hall–Kier alpha value is -0.340. The maximum atomic E-state index is 5.52. The lowest BCUT2D eigenvalue weighted by Gasteiger charge is -2.57. The van der Waals surface area contributed by atoms with Gasteiger partial charge in [-0.1, -0.05) is 33.8 Å². The van der Waals surface area contributed by atoms with Crippen LogP contribution in [0, 0.1) is 16.7 Å². The van der Waals surface area contributed by atoms with E-state index < -0.39 is 0 Å². The highest BCUT2D eigenvalue weighted by atomic mass is 16.7. The Morgan fingerprint density at radius 1 is 1.17 bits per heavy atom. The highest BCUT2D eigenvalue weighted by Crippen LogP contribution is 2.58. The van der Waals surface area contributed by atoms with E-state index in [1.54, 1.807) is 14.2 Å². The number of ether oxygens (including phenoxy) is 2. The van der Waals surface area contributed by atoms with Crippen molar-refractivity contribution < 1.29 is 9.47 Å². The molecule has 0 aliphatic heterocycles. The summed E-state index contributed by atoms with van der Waals surface area (Å²) in [5, 5.41) is 0. The molecule has 0 aromatic heterocycles. The first kappa shape index (κ1) is 15.7. The molecule has 0 heterocycles. The van der Waals surface area contributed by atoms with E-state index in [9.17, 15) is 0 Å². The van der Waals surface area contributed by atoms with Crippen LogP contribution in [0.5, 0.6) is 0 Å². The summed E-state index contributed by atoms with van der Waals surface area (Å²) in [4.78, 5) is 0. The molecule has 2 heteroatoms. The highest BCUT2D eigenvalue weighted by Gasteiger charge is 2.55. The van der Waals surface area contributed by atoms with Gasteiger partial charge >= 0.3 is 0 Å². The third-order valence-electron chi connectivity index (χ3n) is 5.34. The Kier molecular flexibility index (Phi) is 4.66. The molecule has 1 rings (SSSR count).